The molecule has 0 aliphatic heterocycles. The first kappa shape index (κ1) is 16.6. The molecule has 0 aromatic heterocycles. The number of hydrogen-bond acceptors (Lipinski definition) is 4. The first-order chi connectivity index (χ1) is 9.13. The number of carbonyl (C=O) groups excluding carboxylic acids is 1. The minimum Gasteiger partial charge on any atom is -0.478 e. The molecular weight excluding hydrogens is 350 g/mol. The lowest BCUT2D eigenvalue weighted by molar-refractivity contribution is -0.119. The van der Waals surface area contributed by atoms with Crippen LogP contribution in [0.4, 0.5) is 0 Å². The third-order valence-corrected chi connectivity index (χ3v) is 4.89. The Kier molecular flexibility index (Phi) is 5.29. The number of carboxylic acid groups (broad SMARTS) is 1. The number of sulfone groups is 1. The smallest absolute Gasteiger partial charge is 0.335 e. The second-order valence-corrected chi connectivity index (χ2v) is 7.24. The van der Waals surface area contributed by atoms with Crippen molar-refractivity contribution in [3.8, 4) is 0 Å². The van der Waals surface area contributed by atoms with Crippen molar-refractivity contribution in [2.75, 3.05) is 5.75 Å². The van der Waals surface area contributed by atoms with E-state index in [-0.39, 0.29) is 21.0 Å². The van der Waals surface area contributed by atoms with E-state index in [1.807, 2.05) is 0 Å². The molecule has 0 unspecified atom stereocenters. The molecule has 0 bridgehead atoms. The highest BCUT2D eigenvalue weighted by Gasteiger charge is 2.23. The van der Waals surface area contributed by atoms with Crippen LogP contribution < -0.4 is 5.32 Å². The summed E-state index contributed by atoms with van der Waals surface area (Å²) in [6.45, 7) is 3.43. The zero-order valence-corrected chi connectivity index (χ0v) is 13.3. The summed E-state index contributed by atoms with van der Waals surface area (Å²) < 4.78 is 24.5. The molecule has 0 radical (unpaired) electrons. The fourth-order valence-corrected chi connectivity index (χ4v) is 3.73. The number of carbonyl (C=O) groups is 2. The number of amides is 1. The lowest BCUT2D eigenvalue weighted by atomic mass is 10.2. The van der Waals surface area contributed by atoms with Crippen molar-refractivity contribution in [3.05, 3.63) is 28.2 Å². The second-order valence-electron chi connectivity index (χ2n) is 4.43. The molecule has 8 heteroatoms. The van der Waals surface area contributed by atoms with Gasteiger partial charge in [-0.2, -0.15) is 0 Å². The molecule has 6 nitrogen and oxygen atoms in total. The summed E-state index contributed by atoms with van der Waals surface area (Å²) in [5, 5.41) is 11.4. The standard InChI is InChI=1S/C12H14BrNO5S/c1-7(2)14-11(15)6-20(18,19)10-5-8(12(16)17)3-4-9(10)13/h3-5,7H,6H2,1-2H3,(H,14,15)(H,16,17). The van der Waals surface area contributed by atoms with Crippen LogP contribution in [-0.4, -0.2) is 37.2 Å². The van der Waals surface area contributed by atoms with Gasteiger partial charge in [0.15, 0.2) is 9.84 Å². The summed E-state index contributed by atoms with van der Waals surface area (Å²) in [6.07, 6.45) is 0. The van der Waals surface area contributed by atoms with E-state index in [1.165, 1.54) is 12.1 Å². The Bertz CT molecular complexity index is 639. The van der Waals surface area contributed by atoms with Crippen molar-refractivity contribution in [3.63, 3.8) is 0 Å². The van der Waals surface area contributed by atoms with Gasteiger partial charge in [0.05, 0.1) is 10.5 Å². The first-order valence-electron chi connectivity index (χ1n) is 5.68. The Morgan fingerprint density at radius 3 is 2.45 bits per heavy atom. The summed E-state index contributed by atoms with van der Waals surface area (Å²) in [5.41, 5.74) is -0.156. The minimum atomic E-state index is -3.91. The molecule has 0 saturated heterocycles. The lowest BCUT2D eigenvalue weighted by Crippen LogP contribution is -2.35. The van der Waals surface area contributed by atoms with Crippen molar-refractivity contribution in [1.29, 1.82) is 0 Å². The van der Waals surface area contributed by atoms with Gasteiger partial charge >= 0.3 is 5.97 Å². The molecule has 0 spiro atoms. The molecule has 1 aromatic carbocycles. The molecule has 0 heterocycles. The monoisotopic (exact) mass is 363 g/mol. The van der Waals surface area contributed by atoms with E-state index in [2.05, 4.69) is 21.2 Å². The van der Waals surface area contributed by atoms with Crippen molar-refractivity contribution in [2.45, 2.75) is 24.8 Å². The minimum absolute atomic E-state index is 0.156. The van der Waals surface area contributed by atoms with Crippen molar-refractivity contribution < 1.29 is 23.1 Å². The van der Waals surface area contributed by atoms with Crippen LogP contribution in [0.15, 0.2) is 27.6 Å². The first-order valence-corrected chi connectivity index (χ1v) is 8.13. The summed E-state index contributed by atoms with van der Waals surface area (Å²) in [6, 6.07) is 3.47. The molecule has 0 aliphatic carbocycles. The largest absolute Gasteiger partial charge is 0.478 e. The third kappa shape index (κ3) is 4.31. The Hall–Kier alpha value is -1.41. The molecule has 1 amide bonds. The molecule has 0 saturated carbocycles. The van der Waals surface area contributed by atoms with Crippen LogP contribution in [0.1, 0.15) is 24.2 Å². The Morgan fingerprint density at radius 2 is 1.95 bits per heavy atom. The van der Waals surface area contributed by atoms with Crippen LogP contribution in [0.25, 0.3) is 0 Å². The molecule has 110 valence electrons. The van der Waals surface area contributed by atoms with Crippen LogP contribution in [0, 0.1) is 0 Å². The van der Waals surface area contributed by atoms with Gasteiger partial charge in [0, 0.05) is 10.5 Å². The summed E-state index contributed by atoms with van der Waals surface area (Å²) >= 11 is 3.05. The van der Waals surface area contributed by atoms with E-state index in [4.69, 9.17) is 5.11 Å². The van der Waals surface area contributed by atoms with Crippen molar-refractivity contribution in [2.24, 2.45) is 0 Å². The Morgan fingerprint density at radius 1 is 1.35 bits per heavy atom. The van der Waals surface area contributed by atoms with Crippen molar-refractivity contribution in [1.82, 2.24) is 5.32 Å². The highest BCUT2D eigenvalue weighted by molar-refractivity contribution is 9.10. The van der Waals surface area contributed by atoms with Gasteiger partial charge in [0.1, 0.15) is 5.75 Å². The van der Waals surface area contributed by atoms with E-state index in [9.17, 15) is 18.0 Å². The quantitative estimate of drug-likeness (QED) is 0.824. The summed E-state index contributed by atoms with van der Waals surface area (Å²) in [4.78, 5) is 22.2. The van der Waals surface area contributed by atoms with Gasteiger partial charge in [-0.1, -0.05) is 0 Å². The maximum atomic E-state index is 12.1. The predicted molar refractivity (Wildman–Crippen MR) is 76.4 cm³/mol. The SMILES string of the molecule is CC(C)NC(=O)CS(=O)(=O)c1cc(C(=O)O)ccc1Br. The molecule has 0 fully saturated rings. The number of carboxylic acids is 1. The van der Waals surface area contributed by atoms with E-state index >= 15 is 0 Å². The van der Waals surface area contributed by atoms with Gasteiger partial charge in [0.2, 0.25) is 5.91 Å². The van der Waals surface area contributed by atoms with Crippen LogP contribution in [0.5, 0.6) is 0 Å². The lowest BCUT2D eigenvalue weighted by Gasteiger charge is -2.10. The third-order valence-electron chi connectivity index (χ3n) is 2.28. The van der Waals surface area contributed by atoms with E-state index in [0.717, 1.165) is 6.07 Å². The Balaban J connectivity index is 3.12. The number of benzene rings is 1. The zero-order valence-electron chi connectivity index (χ0n) is 10.9. The summed E-state index contributed by atoms with van der Waals surface area (Å²) in [5.74, 6) is -2.60. The molecule has 0 aliphatic rings. The number of hydrogen-bond donors (Lipinski definition) is 2. The molecular formula is C12H14BrNO5S. The van der Waals surface area contributed by atoms with E-state index in [0.29, 0.717) is 0 Å². The zero-order chi connectivity index (χ0) is 15.5. The van der Waals surface area contributed by atoms with Gasteiger partial charge in [-0.05, 0) is 48.0 Å². The van der Waals surface area contributed by atoms with E-state index < -0.39 is 27.5 Å². The molecule has 1 aromatic rings. The second kappa shape index (κ2) is 6.36. The maximum absolute atomic E-state index is 12.1. The molecule has 2 N–H and O–H groups in total. The maximum Gasteiger partial charge on any atom is 0.335 e. The van der Waals surface area contributed by atoms with Crippen LogP contribution in [0.3, 0.4) is 0 Å². The van der Waals surface area contributed by atoms with Crippen LogP contribution in [0.2, 0.25) is 0 Å². The van der Waals surface area contributed by atoms with E-state index in [1.54, 1.807) is 13.8 Å². The Labute approximate surface area is 125 Å². The van der Waals surface area contributed by atoms with Crippen molar-refractivity contribution >= 4 is 37.6 Å². The number of halogens is 1. The predicted octanol–water partition coefficient (Wildman–Crippen LogP) is 1.45. The molecule has 1 rings (SSSR count). The van der Waals surface area contributed by atoms with Gasteiger partial charge < -0.3 is 10.4 Å². The number of aromatic carboxylic acids is 1. The average molecular weight is 364 g/mol. The highest BCUT2D eigenvalue weighted by atomic mass is 79.9. The van der Waals surface area contributed by atoms with Gasteiger partial charge in [-0.15, -0.1) is 0 Å². The van der Waals surface area contributed by atoms with Gasteiger partial charge in [0.25, 0.3) is 0 Å². The van der Waals surface area contributed by atoms with Crippen LogP contribution in [-0.2, 0) is 14.6 Å². The fraction of sp³-hybridized carbons (Fsp3) is 0.333. The number of nitrogens with one attached hydrogen (secondary N) is 1. The summed E-state index contributed by atoms with van der Waals surface area (Å²) in [7, 11) is -3.91. The van der Waals surface area contributed by atoms with Crippen LogP contribution >= 0.6 is 15.9 Å². The highest BCUT2D eigenvalue weighted by Crippen LogP contribution is 2.24. The van der Waals surface area contributed by atoms with Gasteiger partial charge in [-0.25, -0.2) is 13.2 Å². The average Bonchev–Trinajstić information content (AvgIpc) is 2.26. The number of rotatable bonds is 5. The fourth-order valence-electron chi connectivity index (χ4n) is 1.49. The molecule has 20 heavy (non-hydrogen) atoms. The molecule has 0 atom stereocenters. The topological polar surface area (TPSA) is 101 Å². The van der Waals surface area contributed by atoms with Gasteiger partial charge in [-0.3, -0.25) is 4.79 Å². The normalized spacial score (nSPS) is 11.4.